The number of nitrogens with zero attached hydrogens (tertiary/aromatic N) is 1. The van der Waals surface area contributed by atoms with E-state index in [2.05, 4.69) is 22.1 Å². The quantitative estimate of drug-likeness (QED) is 0.727. The van der Waals surface area contributed by atoms with Crippen LogP contribution in [0.2, 0.25) is 0 Å². The molecule has 0 bridgehead atoms. The number of carbonyl (C=O) groups excluding carboxylic acids is 1. The van der Waals surface area contributed by atoms with Crippen molar-refractivity contribution in [2.45, 2.75) is 6.92 Å². The van der Waals surface area contributed by atoms with Gasteiger partial charge in [-0.3, -0.25) is 4.79 Å². The molecule has 1 aromatic heterocycles. The van der Waals surface area contributed by atoms with Crippen molar-refractivity contribution >= 4 is 17.2 Å². The average Bonchev–Trinajstić information content (AvgIpc) is 2.84. The van der Waals surface area contributed by atoms with Crippen molar-refractivity contribution < 1.29 is 9.53 Å². The molecule has 0 saturated carbocycles. The van der Waals surface area contributed by atoms with Crippen molar-refractivity contribution in [3.8, 4) is 11.8 Å². The number of ether oxygens (including phenoxy) is 1. The molecule has 1 aromatic rings. The molecule has 3 N–H and O–H groups in total. The van der Waals surface area contributed by atoms with Crippen LogP contribution in [-0.4, -0.2) is 57.8 Å². The Balaban J connectivity index is 2.45. The summed E-state index contributed by atoms with van der Waals surface area (Å²) in [7, 11) is 3.68. The van der Waals surface area contributed by atoms with E-state index < -0.39 is 0 Å². The average molecular weight is 309 g/mol. The second kappa shape index (κ2) is 9.53. The molecule has 1 amide bonds. The van der Waals surface area contributed by atoms with Gasteiger partial charge in [-0.25, -0.2) is 0 Å². The first kappa shape index (κ1) is 17.7. The summed E-state index contributed by atoms with van der Waals surface area (Å²) in [5, 5.41) is 2.92. The van der Waals surface area contributed by atoms with Crippen LogP contribution in [0.25, 0.3) is 0 Å². The van der Waals surface area contributed by atoms with Gasteiger partial charge in [0.25, 0.3) is 5.91 Å². The van der Waals surface area contributed by atoms with Gasteiger partial charge in [0.2, 0.25) is 0 Å². The Bertz CT molecular complexity index is 517. The zero-order chi connectivity index (χ0) is 15.7. The number of nitrogens with two attached hydrogens (primary N) is 1. The number of thiophene rings is 1. The van der Waals surface area contributed by atoms with Crippen LogP contribution in [0.15, 0.2) is 6.07 Å². The fraction of sp³-hybridized carbons (Fsp3) is 0.533. The predicted octanol–water partition coefficient (Wildman–Crippen LogP) is 0.675. The molecule has 6 heteroatoms. The van der Waals surface area contributed by atoms with Crippen LogP contribution in [0.4, 0.5) is 0 Å². The van der Waals surface area contributed by atoms with Gasteiger partial charge < -0.3 is 20.7 Å². The van der Waals surface area contributed by atoms with Gasteiger partial charge in [0.05, 0.1) is 22.9 Å². The number of amides is 1. The second-order valence-electron chi connectivity index (χ2n) is 4.68. The van der Waals surface area contributed by atoms with E-state index in [9.17, 15) is 4.79 Å². The van der Waals surface area contributed by atoms with Gasteiger partial charge in [-0.15, -0.1) is 11.3 Å². The Morgan fingerprint density at radius 1 is 1.52 bits per heavy atom. The monoisotopic (exact) mass is 309 g/mol. The molecule has 0 atom stereocenters. The van der Waals surface area contributed by atoms with Gasteiger partial charge >= 0.3 is 0 Å². The van der Waals surface area contributed by atoms with Gasteiger partial charge in [-0.2, -0.15) is 0 Å². The van der Waals surface area contributed by atoms with Crippen LogP contribution in [0.5, 0.6) is 0 Å². The first-order valence-electron chi connectivity index (χ1n) is 6.83. The summed E-state index contributed by atoms with van der Waals surface area (Å²) in [6, 6.07) is 1.87. The van der Waals surface area contributed by atoms with Gasteiger partial charge in [0, 0.05) is 26.7 Å². The maximum Gasteiger partial charge on any atom is 0.261 e. The number of hydrogen-bond acceptors (Lipinski definition) is 5. The van der Waals surface area contributed by atoms with Crippen LogP contribution in [0.1, 0.15) is 20.1 Å². The molecule has 0 radical (unpaired) electrons. The molecular formula is C15H23N3O2S. The molecule has 5 nitrogen and oxygen atoms in total. The van der Waals surface area contributed by atoms with Crippen LogP contribution < -0.4 is 11.1 Å². The molecule has 0 fully saturated rings. The number of hydrogen-bond donors (Lipinski definition) is 2. The van der Waals surface area contributed by atoms with E-state index in [-0.39, 0.29) is 5.91 Å². The van der Waals surface area contributed by atoms with Crippen LogP contribution >= 0.6 is 11.3 Å². The lowest BCUT2D eigenvalue weighted by Gasteiger charge is -2.15. The minimum absolute atomic E-state index is 0.0518. The largest absolute Gasteiger partial charge is 0.383 e. The Kier molecular flexibility index (Phi) is 8.01. The molecule has 0 saturated heterocycles. The lowest BCUT2D eigenvalue weighted by atomic mass is 10.2. The number of rotatable bonds is 7. The summed E-state index contributed by atoms with van der Waals surface area (Å²) in [5.74, 6) is 5.75. The highest BCUT2D eigenvalue weighted by Gasteiger charge is 2.11. The second-order valence-corrected chi connectivity index (χ2v) is 5.73. The van der Waals surface area contributed by atoms with Crippen molar-refractivity contribution in [3.05, 3.63) is 21.4 Å². The lowest BCUT2D eigenvalue weighted by molar-refractivity contribution is 0.0951. The fourth-order valence-electron chi connectivity index (χ4n) is 1.66. The Morgan fingerprint density at radius 2 is 2.29 bits per heavy atom. The van der Waals surface area contributed by atoms with Crippen molar-refractivity contribution in [1.82, 2.24) is 10.2 Å². The zero-order valence-corrected chi connectivity index (χ0v) is 13.7. The summed E-state index contributed by atoms with van der Waals surface area (Å²) in [4.78, 5) is 15.8. The van der Waals surface area contributed by atoms with E-state index in [1.54, 1.807) is 7.11 Å². The molecule has 0 aromatic carbocycles. The normalized spacial score (nSPS) is 10.3. The number of nitrogens with one attached hydrogen (secondary N) is 1. The first-order valence-corrected chi connectivity index (χ1v) is 7.65. The summed E-state index contributed by atoms with van der Waals surface area (Å²) >= 11 is 1.41. The van der Waals surface area contributed by atoms with Gasteiger partial charge in [0.15, 0.2) is 0 Å². The number of likely N-dealkylation sites (N-methyl/N-ethyl adjacent to an activating group) is 1. The minimum atomic E-state index is -0.0518. The third-order valence-electron chi connectivity index (χ3n) is 2.90. The molecule has 1 heterocycles. The maximum absolute atomic E-state index is 12.1. The molecule has 0 spiro atoms. The molecule has 0 aliphatic rings. The van der Waals surface area contributed by atoms with Gasteiger partial charge in [0.1, 0.15) is 0 Å². The molecule has 1 rings (SSSR count). The van der Waals surface area contributed by atoms with Crippen molar-refractivity contribution in [1.29, 1.82) is 0 Å². The highest BCUT2D eigenvalue weighted by molar-refractivity contribution is 7.14. The third-order valence-corrected chi connectivity index (χ3v) is 4.05. The highest BCUT2D eigenvalue weighted by atomic mass is 32.1. The van der Waals surface area contributed by atoms with E-state index >= 15 is 0 Å². The van der Waals surface area contributed by atoms with Crippen LogP contribution in [-0.2, 0) is 4.74 Å². The minimum Gasteiger partial charge on any atom is -0.383 e. The standard InChI is InChI=1S/C15H23N3O2S/c1-12-11-14(21-13(12)5-4-6-16)15(19)17-7-8-18(2)9-10-20-3/h11H,6-10,16H2,1-3H3,(H,17,19). The molecule has 0 aliphatic heterocycles. The van der Waals surface area contributed by atoms with E-state index in [0.717, 1.165) is 23.5 Å². The maximum atomic E-state index is 12.1. The third kappa shape index (κ3) is 6.27. The number of methoxy groups -OCH3 is 1. The Hall–Kier alpha value is -1.39. The lowest BCUT2D eigenvalue weighted by Crippen LogP contribution is -2.34. The molecule has 116 valence electrons. The summed E-state index contributed by atoms with van der Waals surface area (Å²) in [6.07, 6.45) is 0. The zero-order valence-electron chi connectivity index (χ0n) is 12.9. The Morgan fingerprint density at radius 3 is 2.95 bits per heavy atom. The molecule has 0 unspecified atom stereocenters. The van der Waals surface area contributed by atoms with Crippen molar-refractivity contribution in [2.24, 2.45) is 5.73 Å². The smallest absolute Gasteiger partial charge is 0.261 e. The molecule has 21 heavy (non-hydrogen) atoms. The van der Waals surface area contributed by atoms with Gasteiger partial charge in [-0.05, 0) is 25.6 Å². The summed E-state index contributed by atoms with van der Waals surface area (Å²) in [5.41, 5.74) is 6.38. The van der Waals surface area contributed by atoms with E-state index in [1.807, 2.05) is 20.0 Å². The number of carbonyl (C=O) groups is 1. The Labute approximate surface area is 130 Å². The van der Waals surface area contributed by atoms with Gasteiger partial charge in [-0.1, -0.05) is 11.8 Å². The topological polar surface area (TPSA) is 67.6 Å². The molecular weight excluding hydrogens is 286 g/mol. The predicted molar refractivity (Wildman–Crippen MR) is 86.7 cm³/mol. The highest BCUT2D eigenvalue weighted by Crippen LogP contribution is 2.20. The van der Waals surface area contributed by atoms with Crippen molar-refractivity contribution in [3.63, 3.8) is 0 Å². The molecule has 0 aliphatic carbocycles. The van der Waals surface area contributed by atoms with Crippen molar-refractivity contribution in [2.75, 3.05) is 46.9 Å². The van der Waals surface area contributed by atoms with E-state index in [0.29, 0.717) is 24.6 Å². The SMILES string of the molecule is COCCN(C)CCNC(=O)c1cc(C)c(C#CCN)s1. The van der Waals surface area contributed by atoms with Crippen LogP contribution in [0.3, 0.4) is 0 Å². The fourth-order valence-corrected chi connectivity index (χ4v) is 2.62. The summed E-state index contributed by atoms with van der Waals surface area (Å²) < 4.78 is 5.01. The van der Waals surface area contributed by atoms with Crippen LogP contribution in [0, 0.1) is 18.8 Å². The van der Waals surface area contributed by atoms with E-state index in [1.165, 1.54) is 11.3 Å². The van der Waals surface area contributed by atoms with E-state index in [4.69, 9.17) is 10.5 Å². The first-order chi connectivity index (χ1) is 10.1. The number of aryl methyl sites for hydroxylation is 1. The summed E-state index contributed by atoms with van der Waals surface area (Å²) in [6.45, 7) is 5.22.